The third-order valence-corrected chi connectivity index (χ3v) is 9.99. The van der Waals surface area contributed by atoms with Crippen molar-refractivity contribution < 1.29 is 14.4 Å². The number of hydrogen-bond acceptors (Lipinski definition) is 4. The van der Waals surface area contributed by atoms with Gasteiger partial charge in [-0.05, 0) is 78.1 Å². The van der Waals surface area contributed by atoms with Crippen LogP contribution < -0.4 is 16.0 Å². The first kappa shape index (κ1) is 30.2. The van der Waals surface area contributed by atoms with Gasteiger partial charge >= 0.3 is 6.03 Å². The van der Waals surface area contributed by atoms with E-state index in [0.29, 0.717) is 43.9 Å². The molecule has 6 rings (SSSR count). The minimum atomic E-state index is -0.608. The van der Waals surface area contributed by atoms with Gasteiger partial charge in [-0.3, -0.25) is 9.59 Å². The number of rotatable bonds is 9. The molecule has 3 heterocycles. The van der Waals surface area contributed by atoms with E-state index < -0.39 is 6.04 Å². The molecule has 3 aromatic carbocycles. The number of benzene rings is 3. The van der Waals surface area contributed by atoms with Crippen molar-refractivity contribution in [1.82, 2.24) is 25.8 Å². The largest absolute Gasteiger partial charge is 0.347 e. The van der Waals surface area contributed by atoms with Crippen LogP contribution in [0.25, 0.3) is 0 Å². The highest BCUT2D eigenvalue weighted by molar-refractivity contribution is 6.30. The highest BCUT2D eigenvalue weighted by Crippen LogP contribution is 2.45. The average molecular weight is 614 g/mol. The van der Waals surface area contributed by atoms with E-state index in [2.05, 4.69) is 58.4 Å². The summed E-state index contributed by atoms with van der Waals surface area (Å²) in [6.45, 7) is 2.62. The van der Waals surface area contributed by atoms with Gasteiger partial charge in [0, 0.05) is 43.7 Å². The Hall–Kier alpha value is -3.88. The van der Waals surface area contributed by atoms with E-state index in [9.17, 15) is 14.4 Å². The van der Waals surface area contributed by atoms with Crippen LogP contribution >= 0.6 is 11.6 Å². The average Bonchev–Trinajstić information content (AvgIpc) is 3.40. The minimum absolute atomic E-state index is 0.0420. The van der Waals surface area contributed by atoms with E-state index in [-0.39, 0.29) is 35.9 Å². The molecule has 2 saturated heterocycles. The highest BCUT2D eigenvalue weighted by atomic mass is 35.5. The molecule has 8 nitrogen and oxygen atoms in total. The third kappa shape index (κ3) is 6.19. The maximum atomic E-state index is 14.0. The van der Waals surface area contributed by atoms with Gasteiger partial charge in [-0.25, -0.2) is 4.79 Å². The Bertz CT molecular complexity index is 1500. The zero-order valence-electron chi connectivity index (χ0n) is 25.0. The van der Waals surface area contributed by atoms with Gasteiger partial charge in [-0.2, -0.15) is 0 Å². The summed E-state index contributed by atoms with van der Waals surface area (Å²) in [5, 5.41) is 10.3. The number of aryl methyl sites for hydroxylation is 1. The number of likely N-dealkylation sites (N-methyl/N-ethyl adjacent to an activating group) is 1. The Kier molecular flexibility index (Phi) is 9.19. The normalized spacial score (nSPS) is 23.9. The fraction of sp³-hybridized carbons (Fsp3) is 0.400. The summed E-state index contributed by atoms with van der Waals surface area (Å²) in [6, 6.07) is 24.1. The summed E-state index contributed by atoms with van der Waals surface area (Å²) in [7, 11) is 1.85. The lowest BCUT2D eigenvalue weighted by Crippen LogP contribution is -2.53. The molecule has 0 saturated carbocycles. The molecular weight excluding hydrogens is 574 g/mol. The zero-order chi connectivity index (χ0) is 30.6. The number of carbonyl (C=O) groups excluding carboxylic acids is 3. The standard InChI is InChI=1S/C35H40ClN5O3/c1-40-32(20-38-35(40)44)29-9-5-4-8-27(29)28-17-19-41(21-30(28)33-26-7-3-2-6-24(26)16-18-37-33)34(43)31(39-22-42)15-12-23-10-13-25(36)14-11-23/h2-11,13-14,22,28,30-33,37H,12,15-21H2,1H3,(H,38,44)(H,39,42)/t28?,30-,31-,32?,33?/m1/s1. The first-order valence-electron chi connectivity index (χ1n) is 15.6. The van der Waals surface area contributed by atoms with Crippen molar-refractivity contribution in [1.29, 1.82) is 0 Å². The van der Waals surface area contributed by atoms with E-state index in [1.165, 1.54) is 16.7 Å². The second kappa shape index (κ2) is 13.4. The number of urea groups is 1. The molecule has 0 spiro atoms. The molecule has 3 aliphatic heterocycles. The number of nitrogens with one attached hydrogen (secondary N) is 3. The second-order valence-corrected chi connectivity index (χ2v) is 12.6. The smallest absolute Gasteiger partial charge is 0.317 e. The Morgan fingerprint density at radius 1 is 1.05 bits per heavy atom. The van der Waals surface area contributed by atoms with E-state index in [1.54, 1.807) is 4.90 Å². The predicted molar refractivity (Wildman–Crippen MR) is 171 cm³/mol. The summed E-state index contributed by atoms with van der Waals surface area (Å²) in [6.07, 6.45) is 3.56. The number of nitrogens with zero attached hydrogens (tertiary/aromatic N) is 2. The number of likely N-dealkylation sites (tertiary alicyclic amines) is 1. The molecule has 2 fully saturated rings. The van der Waals surface area contributed by atoms with Crippen molar-refractivity contribution in [3.05, 3.63) is 106 Å². The number of amides is 4. The molecule has 3 unspecified atom stereocenters. The molecule has 0 bridgehead atoms. The van der Waals surface area contributed by atoms with Crippen molar-refractivity contribution in [3.63, 3.8) is 0 Å². The van der Waals surface area contributed by atoms with E-state index in [4.69, 9.17) is 11.6 Å². The van der Waals surface area contributed by atoms with E-state index in [0.717, 1.165) is 30.5 Å². The Balaban J connectivity index is 1.30. The zero-order valence-corrected chi connectivity index (χ0v) is 25.8. The van der Waals surface area contributed by atoms with Crippen molar-refractivity contribution in [3.8, 4) is 0 Å². The summed E-state index contributed by atoms with van der Waals surface area (Å²) in [4.78, 5) is 41.8. The van der Waals surface area contributed by atoms with Gasteiger partial charge in [0.2, 0.25) is 12.3 Å². The number of fused-ring (bicyclic) bond motifs is 1. The van der Waals surface area contributed by atoms with Gasteiger partial charge in [-0.15, -0.1) is 0 Å². The lowest BCUT2D eigenvalue weighted by Gasteiger charge is -2.46. The first-order valence-corrected chi connectivity index (χ1v) is 16.0. The summed E-state index contributed by atoms with van der Waals surface area (Å²) in [5.41, 5.74) is 6.12. The van der Waals surface area contributed by atoms with Crippen LogP contribution in [-0.4, -0.2) is 67.4 Å². The second-order valence-electron chi connectivity index (χ2n) is 12.2. The monoisotopic (exact) mass is 613 g/mol. The fourth-order valence-electron chi connectivity index (χ4n) is 7.43. The molecule has 3 aromatic rings. The molecule has 5 atom stereocenters. The molecule has 3 aliphatic rings. The van der Waals surface area contributed by atoms with Crippen LogP contribution in [0.3, 0.4) is 0 Å². The van der Waals surface area contributed by atoms with Crippen LogP contribution in [0, 0.1) is 5.92 Å². The summed E-state index contributed by atoms with van der Waals surface area (Å²) in [5.74, 6) is 0.227. The highest BCUT2D eigenvalue weighted by Gasteiger charge is 2.42. The molecule has 4 amide bonds. The van der Waals surface area contributed by atoms with Gasteiger partial charge < -0.3 is 25.8 Å². The Morgan fingerprint density at radius 2 is 1.77 bits per heavy atom. The maximum absolute atomic E-state index is 14.0. The van der Waals surface area contributed by atoms with Gasteiger partial charge in [0.1, 0.15) is 6.04 Å². The SMILES string of the molecule is CN1C(=O)NCC1c1ccccc1C1CCN(C(=O)[C@@H](CCc2ccc(Cl)cc2)NC=O)C[C@H]1C1NCCc2ccccc21. The number of hydrogen-bond donors (Lipinski definition) is 3. The van der Waals surface area contributed by atoms with Crippen molar-refractivity contribution in [2.24, 2.45) is 5.92 Å². The number of halogens is 1. The van der Waals surface area contributed by atoms with Crippen LogP contribution in [0.1, 0.15) is 58.7 Å². The number of piperidine rings is 1. The van der Waals surface area contributed by atoms with Crippen molar-refractivity contribution >= 4 is 29.9 Å². The van der Waals surface area contributed by atoms with Crippen molar-refractivity contribution in [2.45, 2.75) is 49.7 Å². The van der Waals surface area contributed by atoms with Gasteiger partial charge in [0.25, 0.3) is 0 Å². The van der Waals surface area contributed by atoms with Crippen LogP contribution in [0.4, 0.5) is 4.79 Å². The lowest BCUT2D eigenvalue weighted by atomic mass is 9.71. The van der Waals surface area contributed by atoms with Crippen LogP contribution in [0.2, 0.25) is 5.02 Å². The quantitative estimate of drug-likeness (QED) is 0.308. The third-order valence-electron chi connectivity index (χ3n) is 9.74. The summed E-state index contributed by atoms with van der Waals surface area (Å²) < 4.78 is 0. The minimum Gasteiger partial charge on any atom is -0.347 e. The van der Waals surface area contributed by atoms with Gasteiger partial charge in [-0.1, -0.05) is 72.3 Å². The fourth-order valence-corrected chi connectivity index (χ4v) is 7.55. The summed E-state index contributed by atoms with van der Waals surface area (Å²) >= 11 is 6.06. The molecule has 0 aromatic heterocycles. The Labute approximate surface area is 264 Å². The van der Waals surface area contributed by atoms with Crippen LogP contribution in [-0.2, 0) is 22.4 Å². The van der Waals surface area contributed by atoms with E-state index in [1.807, 2.05) is 42.3 Å². The predicted octanol–water partition coefficient (Wildman–Crippen LogP) is 4.60. The lowest BCUT2D eigenvalue weighted by molar-refractivity contribution is -0.137. The topological polar surface area (TPSA) is 93.8 Å². The molecule has 230 valence electrons. The number of carbonyl (C=O) groups is 3. The molecule has 0 radical (unpaired) electrons. The van der Waals surface area contributed by atoms with Crippen LogP contribution in [0.5, 0.6) is 0 Å². The van der Waals surface area contributed by atoms with Crippen LogP contribution in [0.15, 0.2) is 72.8 Å². The molecular formula is C35H40ClN5O3. The van der Waals surface area contributed by atoms with Gasteiger partial charge in [0.15, 0.2) is 0 Å². The molecule has 9 heteroatoms. The molecule has 44 heavy (non-hydrogen) atoms. The molecule has 0 aliphatic carbocycles. The van der Waals surface area contributed by atoms with Crippen molar-refractivity contribution in [2.75, 3.05) is 33.2 Å². The van der Waals surface area contributed by atoms with Gasteiger partial charge in [0.05, 0.1) is 6.04 Å². The molecule has 3 N–H and O–H groups in total. The maximum Gasteiger partial charge on any atom is 0.317 e. The van der Waals surface area contributed by atoms with E-state index >= 15 is 0 Å². The Morgan fingerprint density at radius 3 is 2.50 bits per heavy atom. The first-order chi connectivity index (χ1) is 21.4.